The first kappa shape index (κ1) is 21.5. The van der Waals surface area contributed by atoms with E-state index in [0.717, 1.165) is 60.5 Å². The lowest BCUT2D eigenvalue weighted by Gasteiger charge is -2.26. The number of rotatable bonds is 7. The molecule has 0 bridgehead atoms. The first-order valence-corrected chi connectivity index (χ1v) is 11.4. The molecule has 7 heteroatoms. The highest BCUT2D eigenvalue weighted by Gasteiger charge is 2.12. The maximum Gasteiger partial charge on any atom is 0.230 e. The molecule has 1 fully saturated rings. The Bertz CT molecular complexity index is 993. The zero-order valence-corrected chi connectivity index (χ0v) is 18.8. The monoisotopic (exact) mass is 436 g/mol. The fourth-order valence-electron chi connectivity index (χ4n) is 3.50. The molecule has 1 saturated heterocycles. The molecular weight excluding hydrogens is 408 g/mol. The smallest absolute Gasteiger partial charge is 0.230 e. The molecule has 0 aliphatic carbocycles. The van der Waals surface area contributed by atoms with Crippen molar-refractivity contribution >= 4 is 28.6 Å². The first-order valence-electron chi connectivity index (χ1n) is 10.5. The number of nitrogens with one attached hydrogen (secondary N) is 1. The fraction of sp³-hybridized carbons (Fsp3) is 0.333. The quantitative estimate of drug-likeness (QED) is 0.609. The Morgan fingerprint density at radius 1 is 1.10 bits per heavy atom. The third-order valence-electron chi connectivity index (χ3n) is 5.27. The number of benzene rings is 2. The van der Waals surface area contributed by atoms with Crippen LogP contribution in [0.25, 0.3) is 10.6 Å². The number of carbonyl (C=O) groups excluding carboxylic acids is 1. The van der Waals surface area contributed by atoms with E-state index < -0.39 is 0 Å². The molecule has 0 atom stereocenters. The summed E-state index contributed by atoms with van der Waals surface area (Å²) in [5.41, 5.74) is 5.06. The lowest BCUT2D eigenvalue weighted by atomic mass is 10.1. The van der Waals surface area contributed by atoms with Crippen molar-refractivity contribution in [1.29, 1.82) is 0 Å². The lowest BCUT2D eigenvalue weighted by Crippen LogP contribution is -2.35. The van der Waals surface area contributed by atoms with Gasteiger partial charge in [-0.05, 0) is 29.8 Å². The van der Waals surface area contributed by atoms with Gasteiger partial charge in [-0.25, -0.2) is 4.98 Å². The molecule has 4 rings (SSSR count). The number of ether oxygens (including phenoxy) is 1. The van der Waals surface area contributed by atoms with Gasteiger partial charge in [0.1, 0.15) is 5.01 Å². The van der Waals surface area contributed by atoms with Crippen LogP contribution in [0.15, 0.2) is 53.9 Å². The van der Waals surface area contributed by atoms with Crippen molar-refractivity contribution in [2.45, 2.75) is 13.0 Å². The van der Waals surface area contributed by atoms with Crippen molar-refractivity contribution in [3.8, 4) is 10.6 Å². The zero-order chi connectivity index (χ0) is 21.6. The van der Waals surface area contributed by atoms with Crippen LogP contribution in [-0.2, 0) is 22.5 Å². The van der Waals surface area contributed by atoms with Crippen molar-refractivity contribution in [2.75, 3.05) is 50.6 Å². The first-order chi connectivity index (χ1) is 15.1. The Balaban J connectivity index is 1.32. The zero-order valence-electron chi connectivity index (χ0n) is 18.0. The molecule has 31 heavy (non-hydrogen) atoms. The van der Waals surface area contributed by atoms with Crippen LogP contribution in [0.2, 0.25) is 0 Å². The Labute approximate surface area is 187 Å². The summed E-state index contributed by atoms with van der Waals surface area (Å²) in [6.07, 6.45) is 0.265. The van der Waals surface area contributed by atoms with Crippen LogP contribution in [0.4, 0.5) is 11.4 Å². The van der Waals surface area contributed by atoms with Crippen molar-refractivity contribution < 1.29 is 9.53 Å². The third-order valence-corrected chi connectivity index (χ3v) is 6.21. The summed E-state index contributed by atoms with van der Waals surface area (Å²) < 4.78 is 5.41. The van der Waals surface area contributed by atoms with E-state index in [1.165, 1.54) is 5.56 Å². The minimum atomic E-state index is -0.0599. The Morgan fingerprint density at radius 2 is 1.81 bits per heavy atom. The van der Waals surface area contributed by atoms with E-state index in [0.29, 0.717) is 0 Å². The molecule has 1 amide bonds. The average molecular weight is 437 g/mol. The molecule has 1 aromatic heterocycles. The van der Waals surface area contributed by atoms with Gasteiger partial charge in [0.2, 0.25) is 5.91 Å². The summed E-state index contributed by atoms with van der Waals surface area (Å²) in [6, 6.07) is 16.4. The second-order valence-corrected chi connectivity index (χ2v) is 8.75. The average Bonchev–Trinajstić information content (AvgIpc) is 3.23. The Hall–Kier alpha value is -2.74. The Kier molecular flexibility index (Phi) is 6.96. The van der Waals surface area contributed by atoms with Crippen LogP contribution in [0, 0.1) is 0 Å². The van der Waals surface area contributed by atoms with E-state index in [1.54, 1.807) is 11.3 Å². The summed E-state index contributed by atoms with van der Waals surface area (Å²) in [5, 5.41) is 5.85. The van der Waals surface area contributed by atoms with E-state index in [4.69, 9.17) is 4.74 Å². The van der Waals surface area contributed by atoms with Crippen LogP contribution in [0.3, 0.4) is 0 Å². The molecule has 1 aliphatic heterocycles. The van der Waals surface area contributed by atoms with Gasteiger partial charge in [-0.2, -0.15) is 0 Å². The molecule has 3 aromatic rings. The SMILES string of the molecule is CN(C)c1ccc(NC(=O)Cc2csc(-c3ccc(CN4CCOCC4)cc3)n2)cc1. The van der Waals surface area contributed by atoms with E-state index in [1.807, 2.05) is 48.6 Å². The third kappa shape index (κ3) is 5.91. The van der Waals surface area contributed by atoms with Crippen LogP contribution in [-0.4, -0.2) is 56.2 Å². The number of hydrogen-bond donors (Lipinski definition) is 1. The van der Waals surface area contributed by atoms with Crippen LogP contribution >= 0.6 is 11.3 Å². The number of aromatic nitrogens is 1. The van der Waals surface area contributed by atoms with Gasteiger partial charge in [-0.1, -0.05) is 24.3 Å². The van der Waals surface area contributed by atoms with Gasteiger partial charge in [0.25, 0.3) is 0 Å². The van der Waals surface area contributed by atoms with Gasteiger partial charge in [-0.15, -0.1) is 11.3 Å². The van der Waals surface area contributed by atoms with Crippen molar-refractivity contribution in [2.24, 2.45) is 0 Å². The highest BCUT2D eigenvalue weighted by molar-refractivity contribution is 7.13. The van der Waals surface area contributed by atoms with E-state index in [9.17, 15) is 4.79 Å². The number of thiazole rings is 1. The molecule has 2 aromatic carbocycles. The summed E-state index contributed by atoms with van der Waals surface area (Å²) in [7, 11) is 3.98. The molecule has 0 saturated carbocycles. The summed E-state index contributed by atoms with van der Waals surface area (Å²) in [4.78, 5) is 21.5. The van der Waals surface area contributed by atoms with Gasteiger partial charge in [0.05, 0.1) is 25.3 Å². The highest BCUT2D eigenvalue weighted by atomic mass is 32.1. The molecule has 0 unspecified atom stereocenters. The van der Waals surface area contributed by atoms with Crippen LogP contribution in [0.5, 0.6) is 0 Å². The summed E-state index contributed by atoms with van der Waals surface area (Å²) in [5.74, 6) is -0.0599. The lowest BCUT2D eigenvalue weighted by molar-refractivity contribution is -0.115. The maximum atomic E-state index is 12.4. The van der Waals surface area contributed by atoms with Gasteiger partial charge >= 0.3 is 0 Å². The molecule has 0 spiro atoms. The second-order valence-electron chi connectivity index (χ2n) is 7.90. The normalized spacial score (nSPS) is 14.4. The molecule has 2 heterocycles. The number of hydrogen-bond acceptors (Lipinski definition) is 6. The second kappa shape index (κ2) is 10.0. The molecule has 0 radical (unpaired) electrons. The number of amides is 1. The van der Waals surface area contributed by atoms with Gasteiger partial charge < -0.3 is 15.0 Å². The topological polar surface area (TPSA) is 57.7 Å². The fourth-order valence-corrected chi connectivity index (χ4v) is 4.33. The van der Waals surface area contributed by atoms with Crippen molar-refractivity contribution in [3.63, 3.8) is 0 Å². The van der Waals surface area contributed by atoms with Gasteiger partial charge in [-0.3, -0.25) is 9.69 Å². The predicted molar refractivity (Wildman–Crippen MR) is 127 cm³/mol. The molecule has 6 nitrogen and oxygen atoms in total. The number of nitrogens with zero attached hydrogens (tertiary/aromatic N) is 3. The Morgan fingerprint density at radius 3 is 2.48 bits per heavy atom. The minimum absolute atomic E-state index is 0.0599. The van der Waals surface area contributed by atoms with E-state index in [2.05, 4.69) is 39.5 Å². The predicted octanol–water partition coefficient (Wildman–Crippen LogP) is 3.89. The standard InChI is InChI=1S/C24H28N4O2S/c1-27(2)22-9-7-20(8-10-22)25-23(29)15-21-17-31-24(26-21)19-5-3-18(4-6-19)16-28-11-13-30-14-12-28/h3-10,17H,11-16H2,1-2H3,(H,25,29). The van der Waals surface area contributed by atoms with E-state index in [-0.39, 0.29) is 12.3 Å². The molecule has 1 aliphatic rings. The number of carbonyl (C=O) groups is 1. The largest absolute Gasteiger partial charge is 0.379 e. The van der Waals surface area contributed by atoms with E-state index >= 15 is 0 Å². The van der Waals surface area contributed by atoms with Crippen molar-refractivity contribution in [1.82, 2.24) is 9.88 Å². The van der Waals surface area contributed by atoms with Gasteiger partial charge in [0, 0.05) is 56.0 Å². The maximum absolute atomic E-state index is 12.4. The highest BCUT2D eigenvalue weighted by Crippen LogP contribution is 2.25. The molecular formula is C24H28N4O2S. The summed E-state index contributed by atoms with van der Waals surface area (Å²) in [6.45, 7) is 4.55. The summed E-state index contributed by atoms with van der Waals surface area (Å²) >= 11 is 1.57. The van der Waals surface area contributed by atoms with Crippen LogP contribution in [0.1, 0.15) is 11.3 Å². The minimum Gasteiger partial charge on any atom is -0.379 e. The molecule has 1 N–H and O–H groups in total. The molecule has 162 valence electrons. The number of anilines is 2. The van der Waals surface area contributed by atoms with Crippen LogP contribution < -0.4 is 10.2 Å². The number of morpholine rings is 1. The van der Waals surface area contributed by atoms with Crippen molar-refractivity contribution in [3.05, 3.63) is 65.2 Å². The van der Waals surface area contributed by atoms with Gasteiger partial charge in [0.15, 0.2) is 0 Å².